The maximum absolute atomic E-state index is 10.2. The molecule has 0 amide bonds. The van der Waals surface area contributed by atoms with Crippen LogP contribution in [0.4, 0.5) is 0 Å². The molecule has 0 spiro atoms. The zero-order valence-corrected chi connectivity index (χ0v) is 5.23. The molecule has 0 aliphatic heterocycles. The summed E-state index contributed by atoms with van der Waals surface area (Å²) < 4.78 is 0. The molecule has 0 fully saturated rings. The van der Waals surface area contributed by atoms with E-state index >= 15 is 0 Å². The van der Waals surface area contributed by atoms with Gasteiger partial charge < -0.3 is 0 Å². The van der Waals surface area contributed by atoms with E-state index in [1.807, 2.05) is 0 Å². The molecule has 1 rings (SSSR count). The Morgan fingerprint density at radius 2 is 2.10 bits per heavy atom. The number of allylic oxidation sites excluding steroid dienone is 2. The molecule has 1 unspecified atom stereocenters. The summed E-state index contributed by atoms with van der Waals surface area (Å²) >= 11 is 0. The van der Waals surface area contributed by atoms with Gasteiger partial charge in [0, 0.05) is 11.0 Å². The van der Waals surface area contributed by atoms with E-state index in [2.05, 4.69) is 0 Å². The highest BCUT2D eigenvalue weighted by Crippen LogP contribution is 2.12. The van der Waals surface area contributed by atoms with Crippen molar-refractivity contribution in [2.75, 3.05) is 0 Å². The zero-order valence-electron chi connectivity index (χ0n) is 5.23. The minimum absolute atomic E-state index is 0.535. The molecule has 10 heavy (non-hydrogen) atoms. The van der Waals surface area contributed by atoms with Crippen LogP contribution in [0.2, 0.25) is 0 Å². The number of nitrogens with zero attached hydrogens (tertiary/aromatic N) is 1. The largest absolute Gasteiger partial charge is 0.298 e. The molecular weight excluding hydrogens is 132 g/mol. The number of nitro groups is 1. The van der Waals surface area contributed by atoms with Gasteiger partial charge in [0.15, 0.2) is 0 Å². The van der Waals surface area contributed by atoms with Gasteiger partial charge in [-0.1, -0.05) is 18.2 Å². The normalized spacial score (nSPS) is 30.5. The van der Waals surface area contributed by atoms with Gasteiger partial charge in [0.2, 0.25) is 0 Å². The minimum atomic E-state index is -1.49. The van der Waals surface area contributed by atoms with Crippen LogP contribution in [0.3, 0.4) is 0 Å². The Bertz CT molecular complexity index is 210. The van der Waals surface area contributed by atoms with Crippen molar-refractivity contribution in [2.24, 2.45) is 5.73 Å². The third-order valence-corrected chi connectivity index (χ3v) is 1.26. The van der Waals surface area contributed by atoms with Crippen LogP contribution in [0.1, 0.15) is 0 Å². The van der Waals surface area contributed by atoms with Gasteiger partial charge in [0.05, 0.1) is 6.42 Å². The zero-order chi connectivity index (χ0) is 7.61. The molecular formula is C6H7N2O2. The van der Waals surface area contributed by atoms with E-state index in [9.17, 15) is 10.1 Å². The van der Waals surface area contributed by atoms with Crippen LogP contribution in [-0.4, -0.2) is 10.6 Å². The molecule has 53 valence electrons. The van der Waals surface area contributed by atoms with Crippen LogP contribution in [0.5, 0.6) is 0 Å². The number of nitrogens with two attached hydrogens (primary N) is 1. The van der Waals surface area contributed by atoms with E-state index in [0.29, 0.717) is 0 Å². The maximum atomic E-state index is 10.2. The minimum Gasteiger partial charge on any atom is -0.262 e. The van der Waals surface area contributed by atoms with Gasteiger partial charge >= 0.3 is 0 Å². The summed E-state index contributed by atoms with van der Waals surface area (Å²) in [5.74, 6) is 0. The molecule has 2 N–H and O–H groups in total. The molecule has 0 aromatic rings. The van der Waals surface area contributed by atoms with Crippen molar-refractivity contribution in [3.8, 4) is 0 Å². The van der Waals surface area contributed by atoms with Crippen LogP contribution >= 0.6 is 0 Å². The first kappa shape index (κ1) is 6.95. The van der Waals surface area contributed by atoms with E-state index in [-0.39, 0.29) is 0 Å². The van der Waals surface area contributed by atoms with E-state index in [1.54, 1.807) is 18.2 Å². The predicted molar refractivity (Wildman–Crippen MR) is 36.5 cm³/mol. The highest BCUT2D eigenvalue weighted by atomic mass is 16.6. The van der Waals surface area contributed by atoms with Crippen molar-refractivity contribution in [2.45, 2.75) is 5.66 Å². The summed E-state index contributed by atoms with van der Waals surface area (Å²) in [6, 6.07) is 0. The summed E-state index contributed by atoms with van der Waals surface area (Å²) in [6.45, 7) is 0. The van der Waals surface area contributed by atoms with Crippen molar-refractivity contribution in [1.82, 2.24) is 0 Å². The molecule has 1 aliphatic rings. The summed E-state index contributed by atoms with van der Waals surface area (Å²) in [4.78, 5) is 9.71. The average molecular weight is 139 g/mol. The van der Waals surface area contributed by atoms with Gasteiger partial charge in [-0.25, -0.2) is 0 Å². The Hall–Kier alpha value is -1.16. The third kappa shape index (κ3) is 1.06. The summed E-state index contributed by atoms with van der Waals surface area (Å²) in [5, 5.41) is 10.2. The third-order valence-electron chi connectivity index (χ3n) is 1.26. The van der Waals surface area contributed by atoms with Crippen LogP contribution in [0.25, 0.3) is 0 Å². The van der Waals surface area contributed by atoms with Gasteiger partial charge in [0.25, 0.3) is 5.66 Å². The van der Waals surface area contributed by atoms with Crippen molar-refractivity contribution < 1.29 is 4.92 Å². The number of hydrogen-bond donors (Lipinski definition) is 1. The molecule has 0 aromatic heterocycles. The van der Waals surface area contributed by atoms with Gasteiger partial charge in [-0.2, -0.15) is 0 Å². The first-order valence-corrected chi connectivity index (χ1v) is 2.79. The average Bonchev–Trinajstić information content (AvgIpc) is 1.89. The first-order valence-electron chi connectivity index (χ1n) is 2.79. The molecule has 1 radical (unpaired) electrons. The summed E-state index contributed by atoms with van der Waals surface area (Å²) in [7, 11) is 0. The van der Waals surface area contributed by atoms with Crippen LogP contribution < -0.4 is 5.73 Å². The first-order chi connectivity index (χ1) is 4.65. The Balaban J connectivity index is 2.80. The molecule has 1 atom stereocenters. The van der Waals surface area contributed by atoms with Crippen molar-refractivity contribution in [1.29, 1.82) is 0 Å². The lowest BCUT2D eigenvalue weighted by Crippen LogP contribution is -2.46. The molecule has 0 saturated heterocycles. The number of rotatable bonds is 1. The molecule has 4 heteroatoms. The van der Waals surface area contributed by atoms with Gasteiger partial charge in [0.1, 0.15) is 0 Å². The molecule has 0 heterocycles. The lowest BCUT2D eigenvalue weighted by atomic mass is 10.0. The fourth-order valence-corrected chi connectivity index (χ4v) is 0.661. The Kier molecular flexibility index (Phi) is 1.55. The van der Waals surface area contributed by atoms with E-state index < -0.39 is 10.6 Å². The summed E-state index contributed by atoms with van der Waals surface area (Å²) in [6.07, 6.45) is 7.49. The van der Waals surface area contributed by atoms with Gasteiger partial charge in [-0.3, -0.25) is 15.8 Å². The van der Waals surface area contributed by atoms with Crippen LogP contribution in [0.15, 0.2) is 24.3 Å². The monoisotopic (exact) mass is 139 g/mol. The van der Waals surface area contributed by atoms with E-state index in [0.717, 1.165) is 0 Å². The summed E-state index contributed by atoms with van der Waals surface area (Å²) in [5.41, 5.74) is 3.82. The molecule has 4 nitrogen and oxygen atoms in total. The fraction of sp³-hybridized carbons (Fsp3) is 0.167. The molecule has 0 aromatic carbocycles. The standard InChI is InChI=1S/C6H7N2O2/c7-6(8(9)10)4-2-1-3-5-6/h1-5H,7H2. The predicted octanol–water partition coefficient (Wildman–Crippen LogP) is 0.248. The van der Waals surface area contributed by atoms with Crippen LogP contribution in [-0.2, 0) is 0 Å². The SMILES string of the molecule is NC1([N+](=O)[O-])[CH]C=CC=C1. The quantitative estimate of drug-likeness (QED) is 0.321. The molecule has 0 bridgehead atoms. The highest BCUT2D eigenvalue weighted by Gasteiger charge is 2.34. The van der Waals surface area contributed by atoms with Crippen molar-refractivity contribution in [3.63, 3.8) is 0 Å². The molecule has 1 aliphatic carbocycles. The smallest absolute Gasteiger partial charge is 0.262 e. The Labute approximate surface area is 58.2 Å². The Morgan fingerprint density at radius 3 is 2.40 bits per heavy atom. The van der Waals surface area contributed by atoms with Crippen molar-refractivity contribution >= 4 is 0 Å². The van der Waals surface area contributed by atoms with Crippen LogP contribution in [0, 0.1) is 16.5 Å². The lowest BCUT2D eigenvalue weighted by Gasteiger charge is -2.15. The second kappa shape index (κ2) is 2.22. The second-order valence-corrected chi connectivity index (χ2v) is 2.06. The van der Waals surface area contributed by atoms with Crippen molar-refractivity contribution in [3.05, 3.63) is 40.8 Å². The molecule has 0 saturated carbocycles. The Morgan fingerprint density at radius 1 is 1.40 bits per heavy atom. The van der Waals surface area contributed by atoms with E-state index in [1.165, 1.54) is 12.5 Å². The lowest BCUT2D eigenvalue weighted by molar-refractivity contribution is -0.543. The topological polar surface area (TPSA) is 69.2 Å². The van der Waals surface area contributed by atoms with Gasteiger partial charge in [-0.05, 0) is 0 Å². The maximum Gasteiger partial charge on any atom is 0.298 e. The second-order valence-electron chi connectivity index (χ2n) is 2.06. The number of hydrogen-bond acceptors (Lipinski definition) is 3. The van der Waals surface area contributed by atoms with Gasteiger partial charge in [-0.15, -0.1) is 0 Å². The highest BCUT2D eigenvalue weighted by molar-refractivity contribution is 5.24. The van der Waals surface area contributed by atoms with E-state index in [4.69, 9.17) is 5.73 Å². The fourth-order valence-electron chi connectivity index (χ4n) is 0.661.